The number of hydrogen-bond donors (Lipinski definition) is 2. The van der Waals surface area contributed by atoms with Gasteiger partial charge in [-0.2, -0.15) is 0 Å². The second-order valence-electron chi connectivity index (χ2n) is 5.81. The molecular weight excluding hydrogens is 198 g/mol. The zero-order valence-electron chi connectivity index (χ0n) is 10.6. The molecule has 0 aromatic carbocycles. The van der Waals surface area contributed by atoms with E-state index in [1.807, 2.05) is 0 Å². The van der Waals surface area contributed by atoms with E-state index >= 15 is 0 Å². The summed E-state index contributed by atoms with van der Waals surface area (Å²) in [5.41, 5.74) is 0. The lowest BCUT2D eigenvalue weighted by Crippen LogP contribution is -2.44. The number of hydrogen-bond acceptors (Lipinski definition) is 2. The van der Waals surface area contributed by atoms with E-state index in [0.717, 1.165) is 18.8 Å². The van der Waals surface area contributed by atoms with Gasteiger partial charge in [-0.1, -0.05) is 25.7 Å². The summed E-state index contributed by atoms with van der Waals surface area (Å²) >= 11 is 0. The van der Waals surface area contributed by atoms with E-state index in [1.54, 1.807) is 0 Å². The zero-order chi connectivity index (χ0) is 11.4. The van der Waals surface area contributed by atoms with Crippen LogP contribution in [-0.4, -0.2) is 23.3 Å². The third-order valence-electron chi connectivity index (χ3n) is 4.56. The number of rotatable bonds is 3. The van der Waals surface area contributed by atoms with Crippen LogP contribution >= 0.6 is 0 Å². The van der Waals surface area contributed by atoms with Crippen molar-refractivity contribution in [3.63, 3.8) is 0 Å². The van der Waals surface area contributed by atoms with Crippen LogP contribution in [0.15, 0.2) is 0 Å². The Morgan fingerprint density at radius 1 is 0.938 bits per heavy atom. The minimum atomic E-state index is -0.0896. The molecule has 2 rings (SSSR count). The van der Waals surface area contributed by atoms with Crippen LogP contribution in [0.4, 0.5) is 0 Å². The summed E-state index contributed by atoms with van der Waals surface area (Å²) in [4.78, 5) is 0. The molecule has 2 saturated carbocycles. The van der Waals surface area contributed by atoms with Gasteiger partial charge in [0.05, 0.1) is 6.10 Å². The quantitative estimate of drug-likeness (QED) is 0.724. The molecule has 3 atom stereocenters. The highest BCUT2D eigenvalue weighted by molar-refractivity contribution is 4.86. The van der Waals surface area contributed by atoms with Gasteiger partial charge in [0.2, 0.25) is 0 Å². The van der Waals surface area contributed by atoms with E-state index in [0.29, 0.717) is 12.1 Å². The average molecular weight is 225 g/mol. The van der Waals surface area contributed by atoms with Crippen molar-refractivity contribution in [3.8, 4) is 0 Å². The molecule has 2 fully saturated rings. The van der Waals surface area contributed by atoms with E-state index in [-0.39, 0.29) is 6.10 Å². The topological polar surface area (TPSA) is 32.3 Å². The van der Waals surface area contributed by atoms with Crippen molar-refractivity contribution in [1.29, 1.82) is 0 Å². The summed E-state index contributed by atoms with van der Waals surface area (Å²) in [7, 11) is 0. The Labute approximate surface area is 99.8 Å². The highest BCUT2D eigenvalue weighted by atomic mass is 16.3. The molecule has 2 N–H and O–H groups in total. The van der Waals surface area contributed by atoms with Gasteiger partial charge < -0.3 is 10.4 Å². The van der Waals surface area contributed by atoms with Crippen LogP contribution in [0.5, 0.6) is 0 Å². The van der Waals surface area contributed by atoms with E-state index < -0.39 is 0 Å². The van der Waals surface area contributed by atoms with E-state index in [2.05, 4.69) is 12.2 Å². The molecule has 0 spiro atoms. The van der Waals surface area contributed by atoms with Crippen LogP contribution in [0, 0.1) is 5.92 Å². The van der Waals surface area contributed by atoms with Gasteiger partial charge in [0.25, 0.3) is 0 Å². The maximum Gasteiger partial charge on any atom is 0.0693 e. The molecule has 0 aromatic heterocycles. The second kappa shape index (κ2) is 6.02. The molecule has 0 radical (unpaired) electrons. The first-order chi connectivity index (χ1) is 7.77. The second-order valence-corrected chi connectivity index (χ2v) is 5.81. The Hall–Kier alpha value is -0.0800. The Balaban J connectivity index is 1.79. The van der Waals surface area contributed by atoms with Gasteiger partial charge in [0.15, 0.2) is 0 Å². The molecule has 2 aliphatic rings. The molecule has 16 heavy (non-hydrogen) atoms. The Bertz CT molecular complexity index is 199. The standard InChI is InChI=1S/C14H27NO/c1-11(12-7-4-2-3-5-8-12)15-13-9-6-10-14(13)16/h11-16H,2-10H2,1H3/t11-,13+,14+/m1/s1. The van der Waals surface area contributed by atoms with Crippen LogP contribution in [0.1, 0.15) is 64.7 Å². The van der Waals surface area contributed by atoms with Gasteiger partial charge in [-0.3, -0.25) is 0 Å². The summed E-state index contributed by atoms with van der Waals surface area (Å²) in [5.74, 6) is 0.843. The summed E-state index contributed by atoms with van der Waals surface area (Å²) in [6, 6.07) is 0.967. The zero-order valence-corrected chi connectivity index (χ0v) is 10.6. The van der Waals surface area contributed by atoms with Crippen LogP contribution in [0.3, 0.4) is 0 Å². The SMILES string of the molecule is C[C@@H](N[C@H]1CCC[C@@H]1O)C1CCCCCC1. The fourth-order valence-electron chi connectivity index (χ4n) is 3.42. The summed E-state index contributed by atoms with van der Waals surface area (Å²) in [6.45, 7) is 2.32. The lowest BCUT2D eigenvalue weighted by Gasteiger charge is -2.28. The molecule has 0 bridgehead atoms. The van der Waals surface area contributed by atoms with Crippen molar-refractivity contribution in [2.45, 2.75) is 82.9 Å². The fourth-order valence-corrected chi connectivity index (χ4v) is 3.42. The van der Waals surface area contributed by atoms with Crippen LogP contribution < -0.4 is 5.32 Å². The normalized spacial score (nSPS) is 34.9. The summed E-state index contributed by atoms with van der Waals surface area (Å²) in [5, 5.41) is 13.5. The Kier molecular flexibility index (Phi) is 4.66. The van der Waals surface area contributed by atoms with Crippen molar-refractivity contribution in [3.05, 3.63) is 0 Å². The molecular formula is C14H27NO. The van der Waals surface area contributed by atoms with Gasteiger partial charge >= 0.3 is 0 Å². The molecule has 0 aromatic rings. The van der Waals surface area contributed by atoms with Gasteiger partial charge in [-0.15, -0.1) is 0 Å². The predicted molar refractivity (Wildman–Crippen MR) is 67.4 cm³/mol. The molecule has 2 nitrogen and oxygen atoms in total. The summed E-state index contributed by atoms with van der Waals surface area (Å²) in [6.07, 6.45) is 11.7. The smallest absolute Gasteiger partial charge is 0.0693 e. The van der Waals surface area contributed by atoms with Crippen LogP contribution in [-0.2, 0) is 0 Å². The van der Waals surface area contributed by atoms with Crippen molar-refractivity contribution in [2.75, 3.05) is 0 Å². The van der Waals surface area contributed by atoms with Crippen molar-refractivity contribution in [1.82, 2.24) is 5.32 Å². The summed E-state index contributed by atoms with van der Waals surface area (Å²) < 4.78 is 0. The maximum atomic E-state index is 9.83. The molecule has 2 heteroatoms. The number of aliphatic hydroxyl groups excluding tert-OH is 1. The van der Waals surface area contributed by atoms with Crippen molar-refractivity contribution in [2.24, 2.45) is 5.92 Å². The maximum absolute atomic E-state index is 9.83. The van der Waals surface area contributed by atoms with Crippen LogP contribution in [0.25, 0.3) is 0 Å². The molecule has 0 saturated heterocycles. The lowest BCUT2D eigenvalue weighted by molar-refractivity contribution is 0.136. The predicted octanol–water partition coefficient (Wildman–Crippen LogP) is 2.85. The molecule has 0 heterocycles. The Morgan fingerprint density at radius 3 is 2.19 bits per heavy atom. The van der Waals surface area contributed by atoms with Gasteiger partial charge in [0, 0.05) is 12.1 Å². The number of nitrogens with one attached hydrogen (secondary N) is 1. The first-order valence-corrected chi connectivity index (χ1v) is 7.21. The fraction of sp³-hybridized carbons (Fsp3) is 1.00. The first kappa shape index (κ1) is 12.4. The third kappa shape index (κ3) is 3.21. The molecule has 0 amide bonds. The monoisotopic (exact) mass is 225 g/mol. The molecule has 94 valence electrons. The largest absolute Gasteiger partial charge is 0.392 e. The highest BCUT2D eigenvalue weighted by Crippen LogP contribution is 2.27. The van der Waals surface area contributed by atoms with E-state index in [1.165, 1.54) is 44.9 Å². The van der Waals surface area contributed by atoms with Crippen molar-refractivity contribution >= 4 is 0 Å². The lowest BCUT2D eigenvalue weighted by atomic mass is 9.92. The van der Waals surface area contributed by atoms with Gasteiger partial charge in [0.1, 0.15) is 0 Å². The minimum Gasteiger partial charge on any atom is -0.392 e. The molecule has 0 unspecified atom stereocenters. The van der Waals surface area contributed by atoms with Crippen molar-refractivity contribution < 1.29 is 5.11 Å². The van der Waals surface area contributed by atoms with E-state index in [9.17, 15) is 5.11 Å². The van der Waals surface area contributed by atoms with Gasteiger partial charge in [-0.25, -0.2) is 0 Å². The first-order valence-electron chi connectivity index (χ1n) is 7.21. The Morgan fingerprint density at radius 2 is 1.62 bits per heavy atom. The number of aliphatic hydroxyl groups is 1. The van der Waals surface area contributed by atoms with Gasteiger partial charge in [-0.05, 0) is 44.9 Å². The molecule has 2 aliphatic carbocycles. The third-order valence-corrected chi connectivity index (χ3v) is 4.56. The van der Waals surface area contributed by atoms with E-state index in [4.69, 9.17) is 0 Å². The average Bonchev–Trinajstić information content (AvgIpc) is 2.57. The highest BCUT2D eigenvalue weighted by Gasteiger charge is 2.28. The molecule has 0 aliphatic heterocycles. The van der Waals surface area contributed by atoms with Crippen LogP contribution in [0.2, 0.25) is 0 Å². The minimum absolute atomic E-state index is 0.0896.